The molecule has 0 aromatic heterocycles. The summed E-state index contributed by atoms with van der Waals surface area (Å²) in [6.07, 6.45) is 2.67. The van der Waals surface area contributed by atoms with Crippen LogP contribution in [-0.2, 0) is 0 Å². The molecule has 0 amide bonds. The Balaban J connectivity index is 3.74. The summed E-state index contributed by atoms with van der Waals surface area (Å²) < 4.78 is 0. The number of hydrogen-bond donors (Lipinski definition) is 0. The minimum atomic E-state index is 0.839. The second-order valence-electron chi connectivity index (χ2n) is 3.93. The molecule has 0 aliphatic rings. The van der Waals surface area contributed by atoms with Crippen LogP contribution in [0.3, 0.4) is 0 Å². The van der Waals surface area contributed by atoms with Crippen molar-refractivity contribution in [1.29, 1.82) is 0 Å². The van der Waals surface area contributed by atoms with Crippen molar-refractivity contribution in [3.8, 4) is 0 Å². The lowest BCUT2D eigenvalue weighted by Gasteiger charge is -2.22. The van der Waals surface area contributed by atoms with E-state index >= 15 is 0 Å². The monoisotopic (exact) mass is 220 g/mol. The van der Waals surface area contributed by atoms with Crippen molar-refractivity contribution < 1.29 is 0 Å². The van der Waals surface area contributed by atoms with Gasteiger partial charge < -0.3 is 0 Å². The third-order valence-electron chi connectivity index (χ3n) is 2.42. The van der Waals surface area contributed by atoms with Gasteiger partial charge in [0.05, 0.1) is 0 Å². The molecule has 0 N–H and O–H groups in total. The zero-order valence-corrected chi connectivity index (χ0v) is 9.82. The summed E-state index contributed by atoms with van der Waals surface area (Å²) in [4.78, 5) is 0. The lowest BCUT2D eigenvalue weighted by Crippen LogP contribution is -2.14. The maximum absolute atomic E-state index is 3.59. The third kappa shape index (κ3) is 4.84. The Hall–Kier alpha value is 0.480. The lowest BCUT2D eigenvalue weighted by atomic mass is 9.87. The summed E-state index contributed by atoms with van der Waals surface area (Å²) in [6, 6.07) is 0. The van der Waals surface area contributed by atoms with Gasteiger partial charge >= 0.3 is 0 Å². The van der Waals surface area contributed by atoms with E-state index in [0.29, 0.717) is 0 Å². The van der Waals surface area contributed by atoms with E-state index in [4.69, 9.17) is 0 Å². The molecule has 0 aromatic carbocycles. The third-order valence-corrected chi connectivity index (χ3v) is 3.25. The quantitative estimate of drug-likeness (QED) is 0.613. The van der Waals surface area contributed by atoms with Crippen LogP contribution in [0.2, 0.25) is 0 Å². The van der Waals surface area contributed by atoms with Crippen molar-refractivity contribution in [3.63, 3.8) is 0 Å². The van der Waals surface area contributed by atoms with Crippen LogP contribution >= 0.6 is 15.9 Å². The van der Waals surface area contributed by atoms with E-state index in [1.165, 1.54) is 18.2 Å². The van der Waals surface area contributed by atoms with Gasteiger partial charge in [-0.1, -0.05) is 50.0 Å². The van der Waals surface area contributed by atoms with Gasteiger partial charge in [-0.05, 0) is 24.2 Å². The van der Waals surface area contributed by atoms with Crippen LogP contribution < -0.4 is 0 Å². The fourth-order valence-corrected chi connectivity index (χ4v) is 2.29. The average molecular weight is 221 g/mol. The van der Waals surface area contributed by atoms with Crippen LogP contribution in [0.4, 0.5) is 0 Å². The zero-order chi connectivity index (χ0) is 8.85. The van der Waals surface area contributed by atoms with Gasteiger partial charge in [-0.25, -0.2) is 0 Å². The van der Waals surface area contributed by atoms with Crippen LogP contribution in [-0.4, -0.2) is 5.33 Å². The molecular formula is C10H21Br. The van der Waals surface area contributed by atoms with Gasteiger partial charge in [-0.3, -0.25) is 0 Å². The van der Waals surface area contributed by atoms with E-state index in [-0.39, 0.29) is 0 Å². The van der Waals surface area contributed by atoms with Crippen molar-refractivity contribution in [1.82, 2.24) is 0 Å². The molecule has 0 aliphatic carbocycles. The van der Waals surface area contributed by atoms with Crippen LogP contribution in [0.5, 0.6) is 0 Å². The van der Waals surface area contributed by atoms with Gasteiger partial charge in [-0.2, -0.15) is 0 Å². The van der Waals surface area contributed by atoms with E-state index in [1.54, 1.807) is 0 Å². The van der Waals surface area contributed by atoms with Crippen LogP contribution in [0.15, 0.2) is 0 Å². The second kappa shape index (κ2) is 6.05. The first-order chi connectivity index (χ1) is 5.11. The summed E-state index contributed by atoms with van der Waals surface area (Å²) in [6.45, 7) is 9.24. The average Bonchev–Trinajstić information content (AvgIpc) is 1.98. The molecule has 0 nitrogen and oxygen atoms in total. The molecular weight excluding hydrogens is 200 g/mol. The maximum Gasteiger partial charge on any atom is 0.00623 e. The predicted molar refractivity (Wildman–Crippen MR) is 56.2 cm³/mol. The molecule has 1 heteroatoms. The largest absolute Gasteiger partial charge is 0.0925 e. The van der Waals surface area contributed by atoms with Crippen molar-refractivity contribution in [2.75, 3.05) is 5.33 Å². The summed E-state index contributed by atoms with van der Waals surface area (Å²) in [7, 11) is 0. The molecule has 0 fully saturated rings. The molecule has 0 radical (unpaired) electrons. The highest BCUT2D eigenvalue weighted by Gasteiger charge is 2.15. The Morgan fingerprint density at radius 1 is 1.18 bits per heavy atom. The molecule has 68 valence electrons. The van der Waals surface area contributed by atoms with Crippen molar-refractivity contribution >= 4 is 15.9 Å². The Labute approximate surface area is 79.9 Å². The molecule has 0 heterocycles. The Morgan fingerprint density at radius 3 is 2.00 bits per heavy atom. The first kappa shape index (κ1) is 11.5. The molecule has 0 aromatic rings. The zero-order valence-electron chi connectivity index (χ0n) is 8.23. The molecule has 0 spiro atoms. The van der Waals surface area contributed by atoms with Gasteiger partial charge in [0.1, 0.15) is 0 Å². The molecule has 0 aliphatic heterocycles. The normalized spacial score (nSPS) is 16.9. The highest BCUT2D eigenvalue weighted by atomic mass is 79.9. The standard InChI is InChI=1S/C10H21Br/c1-5-9(4)10(7-11)6-8(2)3/h8-10H,5-7H2,1-4H3. The fraction of sp³-hybridized carbons (Fsp3) is 1.00. The van der Waals surface area contributed by atoms with E-state index in [1.807, 2.05) is 0 Å². The molecule has 2 atom stereocenters. The number of alkyl halides is 1. The van der Waals surface area contributed by atoms with Gasteiger partial charge in [0.25, 0.3) is 0 Å². The molecule has 0 rings (SSSR count). The van der Waals surface area contributed by atoms with Crippen molar-refractivity contribution in [2.24, 2.45) is 17.8 Å². The first-order valence-electron chi connectivity index (χ1n) is 4.67. The lowest BCUT2D eigenvalue weighted by molar-refractivity contribution is 0.324. The molecule has 0 saturated carbocycles. The SMILES string of the molecule is CCC(C)C(CBr)CC(C)C. The summed E-state index contributed by atoms with van der Waals surface area (Å²) >= 11 is 3.59. The predicted octanol–water partition coefficient (Wildman–Crippen LogP) is 4.09. The van der Waals surface area contributed by atoms with Crippen LogP contribution in [0.1, 0.15) is 40.5 Å². The van der Waals surface area contributed by atoms with E-state index in [9.17, 15) is 0 Å². The molecule has 0 saturated heterocycles. The Bertz CT molecular complexity index is 88.9. The van der Waals surface area contributed by atoms with Gasteiger partial charge in [0.2, 0.25) is 0 Å². The summed E-state index contributed by atoms with van der Waals surface area (Å²) in [5.41, 5.74) is 0. The van der Waals surface area contributed by atoms with E-state index in [0.717, 1.165) is 17.8 Å². The van der Waals surface area contributed by atoms with E-state index in [2.05, 4.69) is 43.6 Å². The second-order valence-corrected chi connectivity index (χ2v) is 4.58. The highest BCUT2D eigenvalue weighted by Crippen LogP contribution is 2.24. The van der Waals surface area contributed by atoms with Crippen molar-refractivity contribution in [2.45, 2.75) is 40.5 Å². The van der Waals surface area contributed by atoms with Crippen molar-refractivity contribution in [3.05, 3.63) is 0 Å². The molecule has 11 heavy (non-hydrogen) atoms. The first-order valence-corrected chi connectivity index (χ1v) is 5.79. The molecule has 2 unspecified atom stereocenters. The minimum Gasteiger partial charge on any atom is -0.0925 e. The van der Waals surface area contributed by atoms with Crippen LogP contribution in [0.25, 0.3) is 0 Å². The maximum atomic E-state index is 3.59. The number of halogens is 1. The minimum absolute atomic E-state index is 0.839. The summed E-state index contributed by atoms with van der Waals surface area (Å²) in [5, 5.41) is 1.17. The van der Waals surface area contributed by atoms with Gasteiger partial charge in [0, 0.05) is 5.33 Å². The van der Waals surface area contributed by atoms with E-state index < -0.39 is 0 Å². The van der Waals surface area contributed by atoms with Gasteiger partial charge in [0.15, 0.2) is 0 Å². The topological polar surface area (TPSA) is 0 Å². The number of rotatable bonds is 5. The fourth-order valence-electron chi connectivity index (χ4n) is 1.39. The number of hydrogen-bond acceptors (Lipinski definition) is 0. The molecule has 0 bridgehead atoms. The Morgan fingerprint density at radius 2 is 1.73 bits per heavy atom. The summed E-state index contributed by atoms with van der Waals surface area (Å²) in [5.74, 6) is 2.59. The smallest absolute Gasteiger partial charge is 0.00623 e. The Kier molecular flexibility index (Phi) is 6.31. The van der Waals surface area contributed by atoms with Gasteiger partial charge in [-0.15, -0.1) is 0 Å². The van der Waals surface area contributed by atoms with Crippen LogP contribution in [0, 0.1) is 17.8 Å². The highest BCUT2D eigenvalue weighted by molar-refractivity contribution is 9.09.